The Kier molecular flexibility index (Phi) is 5.00. The molecule has 0 saturated heterocycles. The number of hydrogen-bond acceptors (Lipinski definition) is 4. The number of carbonyl (C=O) groups is 1. The van der Waals surface area contributed by atoms with E-state index in [-0.39, 0.29) is 6.42 Å². The molecule has 2 rings (SSSR count). The Hall–Kier alpha value is -2.00. The van der Waals surface area contributed by atoms with E-state index in [4.69, 9.17) is 9.84 Å². The van der Waals surface area contributed by atoms with E-state index < -0.39 is 50.2 Å². The third kappa shape index (κ3) is 3.85. The summed E-state index contributed by atoms with van der Waals surface area (Å²) in [6, 6.07) is 0.395. The van der Waals surface area contributed by atoms with Crippen LogP contribution in [0.25, 0.3) is 0 Å². The van der Waals surface area contributed by atoms with Crippen LogP contribution < -0.4 is 9.46 Å². The molecule has 1 aliphatic carbocycles. The summed E-state index contributed by atoms with van der Waals surface area (Å²) in [7, 11) is -3.27. The number of allylic oxidation sites excluding steroid dienone is 1. The molecule has 126 valence electrons. The third-order valence-corrected chi connectivity index (χ3v) is 4.99. The number of hydrogen-bond donors (Lipinski definition) is 2. The predicted octanol–water partition coefficient (Wildman–Crippen LogP) is 1.67. The number of benzene rings is 1. The van der Waals surface area contributed by atoms with Gasteiger partial charge in [0.05, 0.1) is 13.0 Å². The zero-order valence-electron chi connectivity index (χ0n) is 12.1. The van der Waals surface area contributed by atoms with Gasteiger partial charge in [-0.2, -0.15) is 0 Å². The van der Waals surface area contributed by atoms with Gasteiger partial charge in [0.25, 0.3) is 0 Å². The highest BCUT2D eigenvalue weighted by Gasteiger charge is 2.31. The number of nitrogens with one attached hydrogen (secondary N) is 1. The maximum atomic E-state index is 13.9. The van der Waals surface area contributed by atoms with Crippen molar-refractivity contribution in [3.63, 3.8) is 0 Å². The first-order valence-corrected chi connectivity index (χ1v) is 8.17. The zero-order valence-corrected chi connectivity index (χ0v) is 12.9. The van der Waals surface area contributed by atoms with Crippen molar-refractivity contribution in [1.82, 2.24) is 4.72 Å². The quantitative estimate of drug-likeness (QED) is 0.791. The fourth-order valence-electron chi connectivity index (χ4n) is 2.38. The largest absolute Gasteiger partial charge is 0.495 e. The average Bonchev–Trinajstić information content (AvgIpc) is 2.45. The Morgan fingerprint density at radius 1 is 1.39 bits per heavy atom. The van der Waals surface area contributed by atoms with Crippen LogP contribution in [-0.2, 0) is 14.8 Å². The van der Waals surface area contributed by atoms with Gasteiger partial charge in [-0.15, -0.1) is 0 Å². The summed E-state index contributed by atoms with van der Waals surface area (Å²) in [5, 5.41) is 9.00. The molecule has 0 unspecified atom stereocenters. The van der Waals surface area contributed by atoms with Gasteiger partial charge in [-0.25, -0.2) is 21.9 Å². The van der Waals surface area contributed by atoms with Crippen molar-refractivity contribution >= 4 is 16.0 Å². The minimum Gasteiger partial charge on any atom is -0.495 e. The van der Waals surface area contributed by atoms with Crippen LogP contribution in [0.15, 0.2) is 29.2 Å². The van der Waals surface area contributed by atoms with E-state index in [1.807, 2.05) is 0 Å². The molecule has 0 aromatic heterocycles. The second-order valence-electron chi connectivity index (χ2n) is 5.08. The van der Waals surface area contributed by atoms with Gasteiger partial charge in [-0.3, -0.25) is 4.79 Å². The van der Waals surface area contributed by atoms with Crippen LogP contribution in [0.3, 0.4) is 0 Å². The molecule has 1 aromatic rings. The lowest BCUT2D eigenvalue weighted by atomic mass is 9.92. The number of carboxylic acids is 1. The summed E-state index contributed by atoms with van der Waals surface area (Å²) in [5.41, 5.74) is 0. The van der Waals surface area contributed by atoms with Gasteiger partial charge >= 0.3 is 5.97 Å². The van der Waals surface area contributed by atoms with Gasteiger partial charge in [0.2, 0.25) is 10.0 Å². The van der Waals surface area contributed by atoms with Crippen molar-refractivity contribution in [3.05, 3.63) is 35.9 Å². The molecule has 6 nitrogen and oxygen atoms in total. The van der Waals surface area contributed by atoms with Gasteiger partial charge in [0, 0.05) is 18.2 Å². The van der Waals surface area contributed by atoms with Crippen LogP contribution in [0.2, 0.25) is 0 Å². The smallest absolute Gasteiger partial charge is 0.306 e. The van der Waals surface area contributed by atoms with E-state index in [1.54, 1.807) is 6.08 Å². The molecule has 0 fully saturated rings. The fraction of sp³-hybridized carbons (Fsp3) is 0.357. The monoisotopic (exact) mass is 347 g/mol. The summed E-state index contributed by atoms with van der Waals surface area (Å²) in [5.74, 6) is -4.49. The first-order chi connectivity index (χ1) is 10.7. The van der Waals surface area contributed by atoms with E-state index in [9.17, 15) is 22.0 Å². The lowest BCUT2D eigenvalue weighted by molar-refractivity contribution is -0.142. The van der Waals surface area contributed by atoms with Crippen LogP contribution in [0.1, 0.15) is 12.8 Å². The number of sulfonamides is 1. The van der Waals surface area contributed by atoms with Crippen molar-refractivity contribution < 1.29 is 31.8 Å². The van der Waals surface area contributed by atoms with Crippen LogP contribution in [0.4, 0.5) is 8.78 Å². The highest BCUT2D eigenvalue weighted by molar-refractivity contribution is 7.89. The van der Waals surface area contributed by atoms with Crippen molar-refractivity contribution in [3.8, 4) is 5.75 Å². The van der Waals surface area contributed by atoms with E-state index in [0.717, 1.165) is 13.2 Å². The second kappa shape index (κ2) is 6.63. The molecule has 1 aliphatic rings. The maximum Gasteiger partial charge on any atom is 0.306 e. The molecular weight excluding hydrogens is 332 g/mol. The first-order valence-electron chi connectivity index (χ1n) is 6.69. The Bertz CT molecular complexity index is 748. The fourth-order valence-corrected chi connectivity index (χ4v) is 3.80. The van der Waals surface area contributed by atoms with E-state index in [2.05, 4.69) is 4.72 Å². The van der Waals surface area contributed by atoms with E-state index in [1.165, 1.54) is 6.08 Å². The Labute approximate surface area is 131 Å². The lowest BCUT2D eigenvalue weighted by Crippen LogP contribution is -2.38. The number of aliphatic carboxylic acids is 1. The molecule has 9 heteroatoms. The minimum absolute atomic E-state index is 0.0379. The van der Waals surface area contributed by atoms with Crippen molar-refractivity contribution in [2.45, 2.75) is 23.8 Å². The minimum atomic E-state index is -4.36. The van der Waals surface area contributed by atoms with Crippen molar-refractivity contribution in [2.24, 2.45) is 5.92 Å². The van der Waals surface area contributed by atoms with E-state index in [0.29, 0.717) is 12.5 Å². The highest BCUT2D eigenvalue weighted by atomic mass is 32.2. The second-order valence-corrected chi connectivity index (χ2v) is 6.73. The predicted molar refractivity (Wildman–Crippen MR) is 76.5 cm³/mol. The maximum absolute atomic E-state index is 13.9. The van der Waals surface area contributed by atoms with Crippen molar-refractivity contribution in [1.29, 1.82) is 0 Å². The zero-order chi connectivity index (χ0) is 17.2. The van der Waals surface area contributed by atoms with Crippen LogP contribution in [0.5, 0.6) is 5.75 Å². The SMILES string of the molecule is COc1cc(F)cc(F)c1S(=O)(=O)N[C@H]1C=CC[C@H](C(=O)O)C1. The summed E-state index contributed by atoms with van der Waals surface area (Å²) >= 11 is 0. The highest BCUT2D eigenvalue weighted by Crippen LogP contribution is 2.29. The van der Waals surface area contributed by atoms with Crippen molar-refractivity contribution in [2.75, 3.05) is 7.11 Å². The molecule has 0 radical (unpaired) electrons. The third-order valence-electron chi connectivity index (χ3n) is 3.45. The number of ether oxygens (including phenoxy) is 1. The number of methoxy groups -OCH3 is 1. The molecule has 0 aliphatic heterocycles. The number of rotatable bonds is 5. The number of halogens is 2. The summed E-state index contributed by atoms with van der Waals surface area (Å²) in [4.78, 5) is 10.2. The topological polar surface area (TPSA) is 92.7 Å². The Morgan fingerprint density at radius 3 is 2.70 bits per heavy atom. The molecule has 1 aromatic carbocycles. The Morgan fingerprint density at radius 2 is 2.09 bits per heavy atom. The molecular formula is C14H15F2NO5S. The van der Waals surface area contributed by atoms with Gasteiger partial charge < -0.3 is 9.84 Å². The van der Waals surface area contributed by atoms with Gasteiger partial charge in [-0.05, 0) is 12.8 Å². The average molecular weight is 347 g/mol. The standard InChI is InChI=1S/C14H15F2NO5S/c1-22-12-7-9(15)6-11(16)13(12)23(20,21)17-10-4-2-3-8(5-10)14(18)19/h2,4,6-8,10,17H,3,5H2,1H3,(H,18,19)/t8-,10-/m0/s1. The molecule has 23 heavy (non-hydrogen) atoms. The van der Waals surface area contributed by atoms with E-state index >= 15 is 0 Å². The summed E-state index contributed by atoms with van der Waals surface area (Å²) < 4.78 is 58.7. The number of carboxylic acid groups (broad SMARTS) is 1. The van der Waals surface area contributed by atoms with Gasteiger partial charge in [0.1, 0.15) is 17.4 Å². The molecule has 0 saturated carbocycles. The van der Waals surface area contributed by atoms with Crippen LogP contribution in [-0.4, -0.2) is 32.6 Å². The molecule has 0 spiro atoms. The summed E-state index contributed by atoms with van der Waals surface area (Å²) in [6.07, 6.45) is 3.39. The van der Waals surface area contributed by atoms with Gasteiger partial charge in [-0.1, -0.05) is 12.2 Å². The normalized spacial score (nSPS) is 21.2. The Balaban J connectivity index is 2.31. The molecule has 0 bridgehead atoms. The molecule has 2 N–H and O–H groups in total. The molecule has 0 heterocycles. The van der Waals surface area contributed by atoms with Crippen LogP contribution >= 0.6 is 0 Å². The lowest BCUT2D eigenvalue weighted by Gasteiger charge is -2.23. The summed E-state index contributed by atoms with van der Waals surface area (Å²) in [6.45, 7) is 0. The van der Waals surface area contributed by atoms with Gasteiger partial charge in [0.15, 0.2) is 4.90 Å². The first kappa shape index (κ1) is 17.4. The molecule has 0 amide bonds. The molecule has 2 atom stereocenters. The van der Waals surface area contributed by atoms with Crippen LogP contribution in [0, 0.1) is 17.6 Å².